The Labute approximate surface area is 203 Å². The van der Waals surface area contributed by atoms with E-state index in [1.807, 2.05) is 60.7 Å². The molecule has 0 atom stereocenters. The van der Waals surface area contributed by atoms with Crippen molar-refractivity contribution in [1.29, 1.82) is 0 Å². The van der Waals surface area contributed by atoms with Crippen LogP contribution in [0.1, 0.15) is 30.0 Å². The van der Waals surface area contributed by atoms with Crippen molar-refractivity contribution in [1.82, 2.24) is 4.98 Å². The minimum atomic E-state index is -2.84. The van der Waals surface area contributed by atoms with E-state index in [0.29, 0.717) is 5.02 Å². The van der Waals surface area contributed by atoms with Crippen LogP contribution < -0.4 is 0 Å². The number of ketones is 1. The topological polar surface area (TPSA) is 30.0 Å². The third-order valence-corrected chi connectivity index (χ3v) is 6.07. The Bertz CT molecular complexity index is 1270. The van der Waals surface area contributed by atoms with Gasteiger partial charge in [-0.05, 0) is 34.9 Å². The molecule has 4 rings (SSSR count). The molecule has 0 saturated carbocycles. The Morgan fingerprint density at radius 2 is 1.38 bits per heavy atom. The van der Waals surface area contributed by atoms with Crippen LogP contribution in [0, 0.1) is 0 Å². The minimum Gasteiger partial charge on any atom is -0.299 e. The van der Waals surface area contributed by atoms with Gasteiger partial charge in [-0.2, -0.15) is 0 Å². The van der Waals surface area contributed by atoms with Gasteiger partial charge in [0, 0.05) is 47.2 Å². The highest BCUT2D eigenvalue weighted by molar-refractivity contribution is 6.30. The van der Waals surface area contributed by atoms with Crippen LogP contribution in [0.3, 0.4) is 0 Å². The maximum atomic E-state index is 13.8. The van der Waals surface area contributed by atoms with Gasteiger partial charge in [-0.15, -0.1) is 0 Å². The number of aromatic nitrogens is 1. The Morgan fingerprint density at radius 1 is 0.824 bits per heavy atom. The smallest absolute Gasteiger partial charge is 0.273 e. The second kappa shape index (κ2) is 10.3. The molecule has 34 heavy (non-hydrogen) atoms. The zero-order valence-electron chi connectivity index (χ0n) is 18.8. The van der Waals surface area contributed by atoms with Crippen molar-refractivity contribution < 1.29 is 13.6 Å². The number of rotatable bonds is 8. The molecule has 0 amide bonds. The van der Waals surface area contributed by atoms with Gasteiger partial charge in [-0.25, -0.2) is 8.78 Å². The van der Waals surface area contributed by atoms with Gasteiger partial charge in [-0.3, -0.25) is 9.78 Å². The van der Waals surface area contributed by atoms with E-state index in [2.05, 4.69) is 4.98 Å². The first kappa shape index (κ1) is 23.8. The standard InChI is InChI=1S/C29H24ClF2NO/c1-2-29(31,32)24-13-7-21(8-14-24)19-26(34)18-20-5-9-23(10-6-20)28-27(4-3-17-33-28)22-11-15-25(30)16-12-22/h3-17H,2,18-19H2,1H3. The van der Waals surface area contributed by atoms with Gasteiger partial charge in [0.05, 0.1) is 5.69 Å². The molecule has 4 aromatic rings. The molecule has 2 nitrogen and oxygen atoms in total. The van der Waals surface area contributed by atoms with Crippen LogP contribution in [0.15, 0.2) is 91.1 Å². The lowest BCUT2D eigenvalue weighted by atomic mass is 9.97. The first-order valence-corrected chi connectivity index (χ1v) is 11.5. The molecule has 3 aromatic carbocycles. The van der Waals surface area contributed by atoms with Crippen LogP contribution in [0.2, 0.25) is 5.02 Å². The molecule has 0 fully saturated rings. The lowest BCUT2D eigenvalue weighted by molar-refractivity contribution is -0.117. The average Bonchev–Trinajstić information content (AvgIpc) is 2.85. The molecule has 1 heterocycles. The molecule has 0 bridgehead atoms. The highest BCUT2D eigenvalue weighted by Gasteiger charge is 2.28. The highest BCUT2D eigenvalue weighted by Crippen LogP contribution is 2.32. The summed E-state index contributed by atoms with van der Waals surface area (Å²) in [5, 5.41) is 0.679. The lowest BCUT2D eigenvalue weighted by Crippen LogP contribution is -2.12. The summed E-state index contributed by atoms with van der Waals surface area (Å²) in [6, 6.07) is 25.4. The van der Waals surface area contributed by atoms with Crippen molar-refractivity contribution in [3.05, 3.63) is 113 Å². The number of hydrogen-bond donors (Lipinski definition) is 0. The van der Waals surface area contributed by atoms with E-state index < -0.39 is 5.92 Å². The van der Waals surface area contributed by atoms with E-state index in [9.17, 15) is 13.6 Å². The number of nitrogens with zero attached hydrogens (tertiary/aromatic N) is 1. The van der Waals surface area contributed by atoms with Crippen LogP contribution >= 0.6 is 11.6 Å². The molecule has 0 N–H and O–H groups in total. The fourth-order valence-electron chi connectivity index (χ4n) is 3.87. The normalized spacial score (nSPS) is 11.4. The first-order chi connectivity index (χ1) is 16.4. The number of Topliss-reactive ketones (excluding diaryl/α,β-unsaturated/α-hetero) is 1. The van der Waals surface area contributed by atoms with Gasteiger partial charge < -0.3 is 0 Å². The molecule has 1 aromatic heterocycles. The molecule has 0 aliphatic rings. The fraction of sp³-hybridized carbons (Fsp3) is 0.172. The summed E-state index contributed by atoms with van der Waals surface area (Å²) in [5.41, 5.74) is 5.44. The van der Waals surface area contributed by atoms with Crippen molar-refractivity contribution in [3.8, 4) is 22.4 Å². The van der Waals surface area contributed by atoms with Gasteiger partial charge in [-0.1, -0.05) is 85.3 Å². The van der Waals surface area contributed by atoms with Gasteiger partial charge in [0.25, 0.3) is 5.92 Å². The minimum absolute atomic E-state index is 0.0192. The molecule has 0 radical (unpaired) electrons. The van der Waals surface area contributed by atoms with Crippen LogP contribution in [-0.4, -0.2) is 10.8 Å². The second-order valence-corrected chi connectivity index (χ2v) is 8.69. The predicted octanol–water partition coefficient (Wildman–Crippen LogP) is 7.93. The number of carbonyl (C=O) groups is 1. The first-order valence-electron chi connectivity index (χ1n) is 11.1. The number of halogens is 3. The number of carbonyl (C=O) groups excluding carboxylic acids is 1. The Morgan fingerprint density at radius 3 is 1.97 bits per heavy atom. The van der Waals surface area contributed by atoms with Crippen LogP contribution in [0.25, 0.3) is 22.4 Å². The monoisotopic (exact) mass is 475 g/mol. The van der Waals surface area contributed by atoms with Crippen molar-refractivity contribution in [2.24, 2.45) is 0 Å². The van der Waals surface area contributed by atoms with Gasteiger partial charge in [0.1, 0.15) is 5.78 Å². The van der Waals surface area contributed by atoms with Gasteiger partial charge in [0.15, 0.2) is 0 Å². The molecule has 0 spiro atoms. The summed E-state index contributed by atoms with van der Waals surface area (Å²) in [6.07, 6.45) is 1.99. The largest absolute Gasteiger partial charge is 0.299 e. The number of benzene rings is 3. The fourth-order valence-corrected chi connectivity index (χ4v) is 3.99. The number of pyridine rings is 1. The third-order valence-electron chi connectivity index (χ3n) is 5.81. The molecule has 172 valence electrons. The zero-order valence-corrected chi connectivity index (χ0v) is 19.5. The number of hydrogen-bond acceptors (Lipinski definition) is 2. The molecular formula is C29H24ClF2NO. The Hall–Kier alpha value is -3.37. The highest BCUT2D eigenvalue weighted by atomic mass is 35.5. The van der Waals surface area contributed by atoms with E-state index >= 15 is 0 Å². The summed E-state index contributed by atoms with van der Waals surface area (Å²) in [4.78, 5) is 17.1. The van der Waals surface area contributed by atoms with Gasteiger partial charge >= 0.3 is 0 Å². The summed E-state index contributed by atoms with van der Waals surface area (Å²) in [5.74, 6) is -2.81. The van der Waals surface area contributed by atoms with E-state index in [-0.39, 0.29) is 30.6 Å². The van der Waals surface area contributed by atoms with E-state index in [0.717, 1.165) is 33.5 Å². The van der Waals surface area contributed by atoms with Crippen molar-refractivity contribution in [2.75, 3.05) is 0 Å². The molecule has 5 heteroatoms. The third kappa shape index (κ3) is 5.57. The van der Waals surface area contributed by atoms with E-state index in [4.69, 9.17) is 11.6 Å². The zero-order chi connectivity index (χ0) is 24.1. The molecule has 0 aliphatic carbocycles. The Balaban J connectivity index is 1.45. The maximum Gasteiger partial charge on any atom is 0.273 e. The van der Waals surface area contributed by atoms with E-state index in [1.54, 1.807) is 18.3 Å². The number of alkyl halides is 2. The summed E-state index contributed by atoms with van der Waals surface area (Å²) in [7, 11) is 0. The summed E-state index contributed by atoms with van der Waals surface area (Å²) < 4.78 is 27.6. The maximum absolute atomic E-state index is 13.8. The molecule has 0 unspecified atom stereocenters. The molecular weight excluding hydrogens is 452 g/mol. The van der Waals surface area contributed by atoms with Crippen molar-refractivity contribution in [3.63, 3.8) is 0 Å². The molecule has 0 saturated heterocycles. The quantitative estimate of drug-likeness (QED) is 0.259. The van der Waals surface area contributed by atoms with E-state index in [1.165, 1.54) is 19.1 Å². The summed E-state index contributed by atoms with van der Waals surface area (Å²) in [6.45, 7) is 1.45. The van der Waals surface area contributed by atoms with Crippen LogP contribution in [-0.2, 0) is 23.6 Å². The van der Waals surface area contributed by atoms with Gasteiger partial charge in [0.2, 0.25) is 0 Å². The SMILES string of the molecule is CCC(F)(F)c1ccc(CC(=O)Cc2ccc(-c3ncccc3-c3ccc(Cl)cc3)cc2)cc1. The van der Waals surface area contributed by atoms with Crippen molar-refractivity contribution in [2.45, 2.75) is 32.1 Å². The Kier molecular flexibility index (Phi) is 7.18. The van der Waals surface area contributed by atoms with Crippen molar-refractivity contribution >= 4 is 17.4 Å². The molecule has 0 aliphatic heterocycles. The van der Waals surface area contributed by atoms with Crippen LogP contribution in [0.4, 0.5) is 8.78 Å². The van der Waals surface area contributed by atoms with Crippen LogP contribution in [0.5, 0.6) is 0 Å². The average molecular weight is 476 g/mol. The predicted molar refractivity (Wildman–Crippen MR) is 133 cm³/mol. The lowest BCUT2D eigenvalue weighted by Gasteiger charge is -2.14. The summed E-state index contributed by atoms with van der Waals surface area (Å²) >= 11 is 6.02. The second-order valence-electron chi connectivity index (χ2n) is 8.25.